The molecule has 1 N–H and O–H groups in total. The molecule has 0 spiro atoms. The van der Waals surface area contributed by atoms with Gasteiger partial charge in [0.05, 0.1) is 6.10 Å². The van der Waals surface area contributed by atoms with Crippen molar-refractivity contribution >= 4 is 5.91 Å². The second-order valence-corrected chi connectivity index (χ2v) is 6.20. The SMILES string of the molecule is O=C(NCCc1ccccn1)C(OC1CCCC1)c1ccccc1. The third-order valence-electron chi connectivity index (χ3n) is 4.38. The molecule has 4 heteroatoms. The first kappa shape index (κ1) is 16.7. The van der Waals surface area contributed by atoms with Crippen molar-refractivity contribution in [3.63, 3.8) is 0 Å². The molecular weight excluding hydrogens is 300 g/mol. The smallest absolute Gasteiger partial charge is 0.253 e. The molecule has 1 unspecified atom stereocenters. The molecule has 1 aliphatic rings. The maximum atomic E-state index is 12.7. The van der Waals surface area contributed by atoms with Gasteiger partial charge in [0.1, 0.15) is 0 Å². The molecule has 1 aliphatic carbocycles. The van der Waals surface area contributed by atoms with E-state index in [2.05, 4.69) is 10.3 Å². The largest absolute Gasteiger partial charge is 0.360 e. The Morgan fingerprint density at radius 3 is 2.58 bits per heavy atom. The van der Waals surface area contributed by atoms with Gasteiger partial charge in [-0.15, -0.1) is 0 Å². The van der Waals surface area contributed by atoms with E-state index in [9.17, 15) is 4.79 Å². The monoisotopic (exact) mass is 324 g/mol. The summed E-state index contributed by atoms with van der Waals surface area (Å²) in [5.74, 6) is -0.0657. The third-order valence-corrected chi connectivity index (χ3v) is 4.38. The van der Waals surface area contributed by atoms with Crippen LogP contribution in [0.4, 0.5) is 0 Å². The first-order chi connectivity index (χ1) is 11.8. The fourth-order valence-corrected chi connectivity index (χ4v) is 3.09. The van der Waals surface area contributed by atoms with E-state index in [4.69, 9.17) is 4.74 Å². The van der Waals surface area contributed by atoms with Crippen LogP contribution in [0.3, 0.4) is 0 Å². The van der Waals surface area contributed by atoms with Crippen molar-refractivity contribution in [2.24, 2.45) is 0 Å². The Kier molecular flexibility index (Phi) is 5.96. The molecule has 2 aromatic rings. The molecule has 0 bridgehead atoms. The number of aromatic nitrogens is 1. The van der Waals surface area contributed by atoms with Crippen LogP contribution in [-0.4, -0.2) is 23.5 Å². The summed E-state index contributed by atoms with van der Waals surface area (Å²) in [4.78, 5) is 16.9. The zero-order valence-electron chi connectivity index (χ0n) is 13.9. The maximum absolute atomic E-state index is 12.7. The van der Waals surface area contributed by atoms with Gasteiger partial charge in [-0.05, 0) is 30.5 Å². The predicted octanol–water partition coefficient (Wildman–Crippen LogP) is 3.44. The Morgan fingerprint density at radius 1 is 1.12 bits per heavy atom. The van der Waals surface area contributed by atoms with Gasteiger partial charge in [-0.1, -0.05) is 49.2 Å². The topological polar surface area (TPSA) is 51.2 Å². The summed E-state index contributed by atoms with van der Waals surface area (Å²) < 4.78 is 6.13. The maximum Gasteiger partial charge on any atom is 0.253 e. The molecule has 1 heterocycles. The van der Waals surface area contributed by atoms with Crippen LogP contribution >= 0.6 is 0 Å². The average Bonchev–Trinajstić information content (AvgIpc) is 3.14. The number of nitrogens with zero attached hydrogens (tertiary/aromatic N) is 1. The van der Waals surface area contributed by atoms with Gasteiger partial charge in [0.25, 0.3) is 5.91 Å². The molecule has 1 amide bonds. The molecular formula is C20H24N2O2. The summed E-state index contributed by atoms with van der Waals surface area (Å²) in [5, 5.41) is 3.00. The first-order valence-corrected chi connectivity index (χ1v) is 8.71. The lowest BCUT2D eigenvalue weighted by Gasteiger charge is -2.22. The second kappa shape index (κ2) is 8.60. The number of hydrogen-bond acceptors (Lipinski definition) is 3. The number of rotatable bonds is 7. The standard InChI is InChI=1S/C20H24N2O2/c23-20(22-15-13-17-10-6-7-14-21-17)19(16-8-2-1-3-9-16)24-18-11-4-5-12-18/h1-3,6-10,14,18-19H,4-5,11-13,15H2,(H,22,23). The summed E-state index contributed by atoms with van der Waals surface area (Å²) >= 11 is 0. The minimum Gasteiger partial charge on any atom is -0.360 e. The number of nitrogens with one attached hydrogen (secondary N) is 1. The Labute approximate surface area is 143 Å². The summed E-state index contributed by atoms with van der Waals surface area (Å²) in [6, 6.07) is 15.6. The summed E-state index contributed by atoms with van der Waals surface area (Å²) in [6.07, 6.45) is 6.62. The number of pyridine rings is 1. The van der Waals surface area contributed by atoms with E-state index in [1.807, 2.05) is 48.5 Å². The number of hydrogen-bond donors (Lipinski definition) is 1. The summed E-state index contributed by atoms with van der Waals surface area (Å²) in [7, 11) is 0. The number of amides is 1. The lowest BCUT2D eigenvalue weighted by atomic mass is 10.1. The molecule has 4 nitrogen and oxygen atoms in total. The van der Waals surface area contributed by atoms with Crippen LogP contribution in [0.15, 0.2) is 54.7 Å². The van der Waals surface area contributed by atoms with E-state index in [0.29, 0.717) is 6.54 Å². The molecule has 1 aromatic carbocycles. The second-order valence-electron chi connectivity index (χ2n) is 6.20. The molecule has 24 heavy (non-hydrogen) atoms. The molecule has 0 aliphatic heterocycles. The van der Waals surface area contributed by atoms with Crippen molar-refractivity contribution in [3.05, 3.63) is 66.0 Å². The van der Waals surface area contributed by atoms with E-state index in [0.717, 1.165) is 30.5 Å². The zero-order valence-corrected chi connectivity index (χ0v) is 13.9. The lowest BCUT2D eigenvalue weighted by Crippen LogP contribution is -2.34. The molecule has 1 saturated carbocycles. The molecule has 1 fully saturated rings. The Morgan fingerprint density at radius 2 is 1.88 bits per heavy atom. The van der Waals surface area contributed by atoms with Gasteiger partial charge in [-0.25, -0.2) is 0 Å². The predicted molar refractivity (Wildman–Crippen MR) is 93.5 cm³/mol. The van der Waals surface area contributed by atoms with Crippen molar-refractivity contribution in [3.8, 4) is 0 Å². The highest BCUT2D eigenvalue weighted by molar-refractivity contribution is 5.82. The molecule has 1 aromatic heterocycles. The average molecular weight is 324 g/mol. The minimum atomic E-state index is -0.530. The third kappa shape index (κ3) is 4.65. The van der Waals surface area contributed by atoms with Gasteiger partial charge >= 0.3 is 0 Å². The number of benzene rings is 1. The van der Waals surface area contributed by atoms with Crippen LogP contribution in [0.2, 0.25) is 0 Å². The first-order valence-electron chi connectivity index (χ1n) is 8.71. The number of ether oxygens (including phenoxy) is 1. The highest BCUT2D eigenvalue weighted by atomic mass is 16.5. The molecule has 1 atom stereocenters. The Hall–Kier alpha value is -2.20. The van der Waals surface area contributed by atoms with Crippen LogP contribution in [0.1, 0.15) is 43.0 Å². The molecule has 0 radical (unpaired) electrons. The molecule has 126 valence electrons. The van der Waals surface area contributed by atoms with Crippen molar-refractivity contribution in [1.29, 1.82) is 0 Å². The van der Waals surface area contributed by atoms with Crippen LogP contribution in [0.25, 0.3) is 0 Å². The van der Waals surface area contributed by atoms with Crippen LogP contribution in [-0.2, 0) is 16.0 Å². The highest BCUT2D eigenvalue weighted by Crippen LogP contribution is 2.28. The number of carbonyl (C=O) groups is 1. The normalized spacial score (nSPS) is 16.0. The summed E-state index contributed by atoms with van der Waals surface area (Å²) in [5.41, 5.74) is 1.89. The van der Waals surface area contributed by atoms with Crippen LogP contribution in [0, 0.1) is 0 Å². The van der Waals surface area contributed by atoms with Crippen molar-refractivity contribution in [1.82, 2.24) is 10.3 Å². The Balaban J connectivity index is 1.60. The van der Waals surface area contributed by atoms with E-state index < -0.39 is 6.10 Å². The van der Waals surface area contributed by atoms with Crippen molar-refractivity contribution < 1.29 is 9.53 Å². The van der Waals surface area contributed by atoms with Gasteiger partial charge in [-0.2, -0.15) is 0 Å². The summed E-state index contributed by atoms with van der Waals surface area (Å²) in [6.45, 7) is 0.563. The fraction of sp³-hybridized carbons (Fsp3) is 0.400. The van der Waals surface area contributed by atoms with Crippen LogP contribution in [0.5, 0.6) is 0 Å². The Bertz CT molecular complexity index is 625. The van der Waals surface area contributed by atoms with Crippen molar-refractivity contribution in [2.45, 2.75) is 44.3 Å². The van der Waals surface area contributed by atoms with Gasteiger partial charge in [0, 0.05) is 24.9 Å². The highest BCUT2D eigenvalue weighted by Gasteiger charge is 2.26. The lowest BCUT2D eigenvalue weighted by molar-refractivity contribution is -0.137. The molecule has 3 rings (SSSR count). The van der Waals surface area contributed by atoms with Gasteiger partial charge in [-0.3, -0.25) is 9.78 Å². The fourth-order valence-electron chi connectivity index (χ4n) is 3.09. The van der Waals surface area contributed by atoms with Crippen molar-refractivity contribution in [2.75, 3.05) is 6.54 Å². The molecule has 0 saturated heterocycles. The van der Waals surface area contributed by atoms with Crippen LogP contribution < -0.4 is 5.32 Å². The minimum absolute atomic E-state index is 0.0657. The van der Waals surface area contributed by atoms with Gasteiger partial charge in [0.2, 0.25) is 0 Å². The van der Waals surface area contributed by atoms with E-state index in [1.165, 1.54) is 12.8 Å². The van der Waals surface area contributed by atoms with Gasteiger partial charge in [0.15, 0.2) is 6.10 Å². The zero-order chi connectivity index (χ0) is 16.6. The number of carbonyl (C=O) groups excluding carboxylic acids is 1. The van der Waals surface area contributed by atoms with Gasteiger partial charge < -0.3 is 10.1 Å². The van der Waals surface area contributed by atoms with E-state index >= 15 is 0 Å². The van der Waals surface area contributed by atoms with E-state index in [1.54, 1.807) is 6.20 Å². The van der Waals surface area contributed by atoms with E-state index in [-0.39, 0.29) is 12.0 Å². The quantitative estimate of drug-likeness (QED) is 0.849.